The Kier molecular flexibility index (Phi) is 2.53. The Balaban J connectivity index is 2.24. The lowest BCUT2D eigenvalue weighted by molar-refractivity contribution is 0.118. The zero-order chi connectivity index (χ0) is 11.8. The van der Waals surface area contributed by atoms with Crippen molar-refractivity contribution in [3.8, 4) is 5.75 Å². The van der Waals surface area contributed by atoms with Crippen LogP contribution < -0.4 is 10.1 Å². The predicted octanol–water partition coefficient (Wildman–Crippen LogP) is 1.55. The Morgan fingerprint density at radius 3 is 2.88 bits per heavy atom. The first kappa shape index (κ1) is 11.2. The molecule has 0 bridgehead atoms. The summed E-state index contributed by atoms with van der Waals surface area (Å²) >= 11 is 0. The molecule has 1 aliphatic heterocycles. The molecule has 1 aliphatic rings. The highest BCUT2D eigenvalue weighted by atomic mass is 32.3. The zero-order valence-corrected chi connectivity index (χ0v) is 9.55. The van der Waals surface area contributed by atoms with Crippen LogP contribution in [-0.2, 0) is 10.2 Å². The summed E-state index contributed by atoms with van der Waals surface area (Å²) < 4.78 is 39.5. The molecule has 0 radical (unpaired) electrons. The van der Waals surface area contributed by atoms with E-state index in [1.807, 2.05) is 12.1 Å². The molecule has 88 valence electrons. The average molecular weight is 245 g/mol. The molecule has 0 amide bonds. The third kappa shape index (κ3) is 2.44. The van der Waals surface area contributed by atoms with Gasteiger partial charge in [-0.2, -0.15) is 8.42 Å². The number of hydrogen-bond donors (Lipinski definition) is 1. The SMILES string of the molecule is CC1(CS(=O)(=O)F)CNc2ccccc2O1. The van der Waals surface area contributed by atoms with Crippen LogP contribution in [0, 0.1) is 0 Å². The summed E-state index contributed by atoms with van der Waals surface area (Å²) in [7, 11) is -4.55. The second-order valence-corrected chi connectivity index (χ2v) is 5.45. The van der Waals surface area contributed by atoms with Gasteiger partial charge in [-0.1, -0.05) is 12.1 Å². The third-order valence-corrected chi connectivity index (χ3v) is 3.33. The monoisotopic (exact) mass is 245 g/mol. The molecule has 16 heavy (non-hydrogen) atoms. The lowest BCUT2D eigenvalue weighted by atomic mass is 10.1. The molecule has 1 aromatic rings. The fourth-order valence-corrected chi connectivity index (χ4v) is 2.62. The molecule has 1 atom stereocenters. The van der Waals surface area contributed by atoms with Crippen LogP contribution in [0.25, 0.3) is 0 Å². The molecule has 0 saturated carbocycles. The Hall–Kier alpha value is -1.30. The fourth-order valence-electron chi connectivity index (χ4n) is 1.73. The van der Waals surface area contributed by atoms with Crippen molar-refractivity contribution in [3.63, 3.8) is 0 Å². The lowest BCUT2D eigenvalue weighted by Gasteiger charge is -2.35. The van der Waals surface area contributed by atoms with Crippen LogP contribution >= 0.6 is 0 Å². The van der Waals surface area contributed by atoms with Crippen molar-refractivity contribution in [3.05, 3.63) is 24.3 Å². The summed E-state index contributed by atoms with van der Waals surface area (Å²) in [6.45, 7) is 1.82. The van der Waals surface area contributed by atoms with Crippen molar-refractivity contribution in [1.29, 1.82) is 0 Å². The van der Waals surface area contributed by atoms with Gasteiger partial charge < -0.3 is 10.1 Å². The second-order valence-electron chi connectivity index (χ2n) is 4.08. The van der Waals surface area contributed by atoms with Crippen molar-refractivity contribution in [2.45, 2.75) is 12.5 Å². The summed E-state index contributed by atoms with van der Waals surface area (Å²) in [5.41, 5.74) is -0.279. The highest BCUT2D eigenvalue weighted by Gasteiger charge is 2.36. The van der Waals surface area contributed by atoms with Crippen LogP contribution in [0.5, 0.6) is 5.75 Å². The van der Waals surface area contributed by atoms with Gasteiger partial charge in [-0.3, -0.25) is 0 Å². The van der Waals surface area contributed by atoms with Crippen LogP contribution in [0.2, 0.25) is 0 Å². The smallest absolute Gasteiger partial charge is 0.306 e. The molecule has 4 nitrogen and oxygen atoms in total. The number of rotatable bonds is 2. The normalized spacial score (nSPS) is 24.1. The number of halogens is 1. The van der Waals surface area contributed by atoms with Gasteiger partial charge in [0.2, 0.25) is 0 Å². The first-order valence-corrected chi connectivity index (χ1v) is 6.38. The van der Waals surface area contributed by atoms with E-state index < -0.39 is 21.6 Å². The molecule has 2 rings (SSSR count). The Morgan fingerprint density at radius 1 is 1.50 bits per heavy atom. The van der Waals surface area contributed by atoms with E-state index in [1.54, 1.807) is 19.1 Å². The minimum Gasteiger partial charge on any atom is -0.482 e. The van der Waals surface area contributed by atoms with Crippen molar-refractivity contribution in [2.75, 3.05) is 17.6 Å². The fraction of sp³-hybridized carbons (Fsp3) is 0.400. The number of anilines is 1. The van der Waals surface area contributed by atoms with Gasteiger partial charge in [-0.25, -0.2) is 0 Å². The zero-order valence-electron chi connectivity index (χ0n) is 8.73. The summed E-state index contributed by atoms with van der Waals surface area (Å²) in [6, 6.07) is 7.14. The largest absolute Gasteiger partial charge is 0.482 e. The number of para-hydroxylation sites is 2. The highest BCUT2D eigenvalue weighted by Crippen LogP contribution is 2.33. The number of fused-ring (bicyclic) bond motifs is 1. The topological polar surface area (TPSA) is 55.4 Å². The lowest BCUT2D eigenvalue weighted by Crippen LogP contribution is -2.47. The predicted molar refractivity (Wildman–Crippen MR) is 58.9 cm³/mol. The average Bonchev–Trinajstić information content (AvgIpc) is 2.14. The van der Waals surface area contributed by atoms with Gasteiger partial charge in [0.1, 0.15) is 17.1 Å². The van der Waals surface area contributed by atoms with Crippen LogP contribution in [0.15, 0.2) is 24.3 Å². The Bertz CT molecular complexity index is 503. The van der Waals surface area contributed by atoms with Gasteiger partial charge in [0, 0.05) is 0 Å². The third-order valence-electron chi connectivity index (χ3n) is 2.37. The minimum atomic E-state index is -4.55. The van der Waals surface area contributed by atoms with Gasteiger partial charge in [0.05, 0.1) is 12.2 Å². The first-order chi connectivity index (χ1) is 7.38. The first-order valence-electron chi connectivity index (χ1n) is 4.82. The molecule has 0 fully saturated rings. The van der Waals surface area contributed by atoms with E-state index in [1.165, 1.54) is 0 Å². The summed E-state index contributed by atoms with van der Waals surface area (Å²) in [6.07, 6.45) is 0. The summed E-state index contributed by atoms with van der Waals surface area (Å²) in [5.74, 6) is -0.110. The van der Waals surface area contributed by atoms with Crippen LogP contribution in [0.4, 0.5) is 9.57 Å². The van der Waals surface area contributed by atoms with Crippen molar-refractivity contribution in [2.24, 2.45) is 0 Å². The maximum atomic E-state index is 12.7. The van der Waals surface area contributed by atoms with Crippen molar-refractivity contribution >= 4 is 15.9 Å². The Morgan fingerprint density at radius 2 is 2.19 bits per heavy atom. The van der Waals surface area contributed by atoms with E-state index in [-0.39, 0.29) is 6.54 Å². The maximum absolute atomic E-state index is 12.7. The van der Waals surface area contributed by atoms with Crippen molar-refractivity contribution < 1.29 is 17.0 Å². The van der Waals surface area contributed by atoms with Gasteiger partial charge in [0.25, 0.3) is 0 Å². The maximum Gasteiger partial charge on any atom is 0.306 e. The molecule has 0 aromatic heterocycles. The van der Waals surface area contributed by atoms with E-state index in [4.69, 9.17) is 4.74 Å². The standard InChI is InChI=1S/C10H12FNO3S/c1-10(7-16(11,13)14)6-12-8-4-2-3-5-9(8)15-10/h2-5,12H,6-7H2,1H3. The number of hydrogen-bond acceptors (Lipinski definition) is 4. The number of nitrogens with one attached hydrogen (secondary N) is 1. The Labute approximate surface area is 93.6 Å². The second kappa shape index (κ2) is 3.62. The molecular formula is C10H12FNO3S. The van der Waals surface area contributed by atoms with E-state index in [2.05, 4.69) is 5.32 Å². The van der Waals surface area contributed by atoms with Gasteiger partial charge in [-0.05, 0) is 19.1 Å². The van der Waals surface area contributed by atoms with E-state index in [0.29, 0.717) is 5.75 Å². The summed E-state index contributed by atoms with van der Waals surface area (Å²) in [4.78, 5) is 0. The van der Waals surface area contributed by atoms with Gasteiger partial charge in [-0.15, -0.1) is 3.89 Å². The van der Waals surface area contributed by atoms with Crippen LogP contribution in [0.3, 0.4) is 0 Å². The van der Waals surface area contributed by atoms with Crippen LogP contribution in [0.1, 0.15) is 6.92 Å². The number of ether oxygens (including phenoxy) is 1. The number of benzene rings is 1. The molecule has 1 aromatic carbocycles. The molecule has 1 N–H and O–H groups in total. The van der Waals surface area contributed by atoms with Gasteiger partial charge in [0.15, 0.2) is 0 Å². The molecule has 1 heterocycles. The van der Waals surface area contributed by atoms with Crippen molar-refractivity contribution in [1.82, 2.24) is 0 Å². The van der Waals surface area contributed by atoms with Gasteiger partial charge >= 0.3 is 10.2 Å². The summed E-state index contributed by atoms with van der Waals surface area (Å²) in [5, 5.41) is 3.02. The highest BCUT2D eigenvalue weighted by molar-refractivity contribution is 7.86. The minimum absolute atomic E-state index is 0.257. The molecule has 0 spiro atoms. The molecule has 0 aliphatic carbocycles. The molecular weight excluding hydrogens is 233 g/mol. The quantitative estimate of drug-likeness (QED) is 0.803. The molecule has 1 unspecified atom stereocenters. The van der Waals surface area contributed by atoms with E-state index in [0.717, 1.165) is 5.69 Å². The van der Waals surface area contributed by atoms with E-state index in [9.17, 15) is 12.3 Å². The molecule has 6 heteroatoms. The van der Waals surface area contributed by atoms with E-state index >= 15 is 0 Å². The van der Waals surface area contributed by atoms with Crippen LogP contribution in [-0.4, -0.2) is 26.3 Å². The molecule has 0 saturated heterocycles.